The molecular formula is C31H33N3O9S3. The van der Waals surface area contributed by atoms with Crippen LogP contribution in [0.25, 0.3) is 0 Å². The van der Waals surface area contributed by atoms with Crippen molar-refractivity contribution in [1.82, 2.24) is 0 Å². The molecule has 1 atom stereocenters. The first-order valence-corrected chi connectivity index (χ1v) is 17.2. The van der Waals surface area contributed by atoms with Crippen molar-refractivity contribution < 1.29 is 42.3 Å². The third-order valence-electron chi connectivity index (χ3n) is 5.57. The summed E-state index contributed by atoms with van der Waals surface area (Å²) in [6.07, 6.45) is 3.76. The quantitative estimate of drug-likeness (QED) is 0.184. The lowest BCUT2D eigenvalue weighted by Crippen LogP contribution is -2.19. The molecule has 12 nitrogen and oxygen atoms in total. The molecule has 46 heavy (non-hydrogen) atoms. The summed E-state index contributed by atoms with van der Waals surface area (Å²) in [5, 5.41) is 34.5. The lowest BCUT2D eigenvalue weighted by atomic mass is 10.3. The molecule has 0 saturated heterocycles. The average Bonchev–Trinajstić information content (AvgIpc) is 3.07. The summed E-state index contributed by atoms with van der Waals surface area (Å²) in [5.74, 6) is -3.52. The Bertz CT molecular complexity index is 1820. The van der Waals surface area contributed by atoms with Crippen LogP contribution in [0.1, 0.15) is 27.7 Å². The summed E-state index contributed by atoms with van der Waals surface area (Å²) in [6.45, 7) is 8.00. The highest BCUT2D eigenvalue weighted by atomic mass is 32.2. The summed E-state index contributed by atoms with van der Waals surface area (Å²) in [4.78, 5) is 33.0. The number of hydrogen-bond acceptors (Lipinski definition) is 10. The summed E-state index contributed by atoms with van der Waals surface area (Å²) in [6, 6.07) is 20.7. The van der Waals surface area contributed by atoms with Crippen LogP contribution in [-0.4, -0.2) is 45.9 Å². The average molecular weight is 688 g/mol. The first-order chi connectivity index (χ1) is 22.0. The molecule has 0 spiro atoms. The molecule has 15 heteroatoms. The molecule has 1 unspecified atom stereocenters. The molecular weight excluding hydrogens is 655 g/mol. The van der Waals surface area contributed by atoms with E-state index in [2.05, 4.69) is 16.0 Å². The molecule has 3 aromatic carbocycles. The topological polar surface area (TPSA) is 199 Å². The van der Waals surface area contributed by atoms with Crippen LogP contribution in [0.15, 0.2) is 121 Å². The van der Waals surface area contributed by atoms with E-state index in [1.54, 1.807) is 42.5 Å². The van der Waals surface area contributed by atoms with Gasteiger partial charge in [-0.05, 0) is 36.4 Å². The molecule has 0 bridgehead atoms. The predicted octanol–water partition coefficient (Wildman–Crippen LogP) is 6.14. The number of thioether (sulfide) groups is 1. The van der Waals surface area contributed by atoms with Crippen molar-refractivity contribution in [2.45, 2.75) is 42.4 Å². The molecule has 3 aliphatic heterocycles. The van der Waals surface area contributed by atoms with Crippen LogP contribution >= 0.6 is 11.8 Å². The molecule has 0 aromatic heterocycles. The van der Waals surface area contributed by atoms with E-state index in [0.29, 0.717) is 21.2 Å². The zero-order valence-electron chi connectivity index (χ0n) is 25.2. The van der Waals surface area contributed by atoms with Crippen molar-refractivity contribution in [1.29, 1.82) is 0 Å². The summed E-state index contributed by atoms with van der Waals surface area (Å²) < 4.78 is 35.2. The van der Waals surface area contributed by atoms with E-state index in [9.17, 15) is 27.0 Å². The zero-order valence-corrected chi connectivity index (χ0v) is 27.6. The Balaban J connectivity index is 0.000000228. The number of anilines is 3. The number of hydrogen-bond donors (Lipinski definition) is 6. The van der Waals surface area contributed by atoms with E-state index in [-0.39, 0.29) is 9.80 Å². The molecule has 6 N–H and O–H groups in total. The number of sulfone groups is 1. The Hall–Kier alpha value is -4.86. The molecule has 3 aliphatic rings. The molecule has 0 amide bonds. The van der Waals surface area contributed by atoms with E-state index < -0.39 is 43.4 Å². The Labute approximate surface area is 273 Å². The minimum absolute atomic E-state index is 0.00935. The van der Waals surface area contributed by atoms with Crippen molar-refractivity contribution in [2.75, 3.05) is 16.0 Å². The fourth-order valence-electron chi connectivity index (χ4n) is 3.61. The standard InChI is InChI=1S/C9H7NO4S.C9H7NO3S.C9H7NO2S.2C2H6/c11-9(12)8-5-10-6-3-1-2-4-7(6)15(8,13)14;11-9(12)8-5-10-6-3-1-2-4-7(6)14(8)13;11-9(12)8-5-10-6-3-1-2-4-7(6)13-8;2*1-2/h1-5,10H,(H,11,12);1-5,10H,(H,11,12);1-5,10H,(H,11,12);2*1-2H3. The number of carboxylic acids is 3. The first-order valence-electron chi connectivity index (χ1n) is 13.7. The number of fused-ring (bicyclic) bond motifs is 3. The van der Waals surface area contributed by atoms with Crippen molar-refractivity contribution in [3.8, 4) is 0 Å². The first kappa shape index (κ1) is 37.3. The van der Waals surface area contributed by atoms with Crippen LogP contribution in [-0.2, 0) is 35.0 Å². The Morgan fingerprint density at radius 3 is 1.78 bits per heavy atom. The molecule has 6 rings (SSSR count). The Morgan fingerprint density at radius 1 is 0.652 bits per heavy atom. The highest BCUT2D eigenvalue weighted by Crippen LogP contribution is 2.36. The third kappa shape index (κ3) is 9.09. The highest BCUT2D eigenvalue weighted by Gasteiger charge is 2.31. The SMILES string of the molecule is CC.CC.O=C(O)C1=CNc2ccccc2S1.O=C(O)C1=CNc2ccccc2S1(=O)=O.O=C(O)C1=CNc2ccccc2S1=O. The van der Waals surface area contributed by atoms with Gasteiger partial charge >= 0.3 is 17.9 Å². The van der Waals surface area contributed by atoms with Gasteiger partial charge in [0.2, 0.25) is 9.84 Å². The maximum Gasteiger partial charge on any atom is 0.349 e. The molecule has 0 aliphatic carbocycles. The van der Waals surface area contributed by atoms with Gasteiger partial charge in [-0.1, -0.05) is 75.9 Å². The molecule has 0 radical (unpaired) electrons. The van der Waals surface area contributed by atoms with Crippen molar-refractivity contribution in [2.24, 2.45) is 0 Å². The summed E-state index contributed by atoms with van der Waals surface area (Å²) in [7, 11) is -5.47. The number of carboxylic acid groups (broad SMARTS) is 3. The summed E-state index contributed by atoms with van der Waals surface area (Å²) >= 11 is 1.26. The van der Waals surface area contributed by atoms with Crippen LogP contribution in [0.3, 0.4) is 0 Å². The Kier molecular flexibility index (Phi) is 14.3. The van der Waals surface area contributed by atoms with Crippen LogP contribution in [0.5, 0.6) is 0 Å². The van der Waals surface area contributed by atoms with Gasteiger partial charge in [0.15, 0.2) is 4.91 Å². The second-order valence-corrected chi connectivity index (χ2v) is 12.6. The normalized spacial score (nSPS) is 15.7. The lowest BCUT2D eigenvalue weighted by molar-refractivity contribution is -0.132. The van der Waals surface area contributed by atoms with Gasteiger partial charge in [-0.15, -0.1) is 0 Å². The third-order valence-corrected chi connectivity index (χ3v) is 9.91. The monoisotopic (exact) mass is 687 g/mol. The van der Waals surface area contributed by atoms with Gasteiger partial charge in [0.25, 0.3) is 0 Å². The minimum atomic E-state index is -3.88. The number of rotatable bonds is 3. The second-order valence-electron chi connectivity index (χ2n) is 8.24. The highest BCUT2D eigenvalue weighted by molar-refractivity contribution is 8.04. The van der Waals surface area contributed by atoms with Gasteiger partial charge in [0.1, 0.15) is 9.81 Å². The Morgan fingerprint density at radius 2 is 1.17 bits per heavy atom. The largest absolute Gasteiger partial charge is 0.477 e. The number of nitrogens with one attached hydrogen (secondary N) is 3. The fourth-order valence-corrected chi connectivity index (χ4v) is 6.88. The van der Waals surface area contributed by atoms with Gasteiger partial charge in [0, 0.05) is 23.5 Å². The van der Waals surface area contributed by atoms with Gasteiger partial charge in [-0.3, -0.25) is 0 Å². The van der Waals surface area contributed by atoms with Gasteiger partial charge in [-0.2, -0.15) is 0 Å². The molecule has 0 saturated carbocycles. The molecule has 3 aromatic rings. The minimum Gasteiger partial charge on any atom is -0.477 e. The number of para-hydroxylation sites is 3. The van der Waals surface area contributed by atoms with E-state index in [1.165, 1.54) is 30.2 Å². The van der Waals surface area contributed by atoms with Crippen molar-refractivity contribution >= 4 is 67.4 Å². The smallest absolute Gasteiger partial charge is 0.349 e. The number of benzene rings is 3. The maximum absolute atomic E-state index is 11.8. The maximum atomic E-state index is 11.8. The zero-order chi connectivity index (χ0) is 34.4. The number of aliphatic carboxylic acids is 3. The van der Waals surface area contributed by atoms with Gasteiger partial charge in [-0.25, -0.2) is 27.0 Å². The van der Waals surface area contributed by atoms with Crippen molar-refractivity contribution in [3.05, 3.63) is 106 Å². The second kappa shape index (κ2) is 17.6. The van der Waals surface area contributed by atoms with Gasteiger partial charge < -0.3 is 31.3 Å². The number of carbonyl (C=O) groups is 3. The van der Waals surface area contributed by atoms with E-state index >= 15 is 0 Å². The van der Waals surface area contributed by atoms with Crippen LogP contribution in [0, 0.1) is 0 Å². The van der Waals surface area contributed by atoms with Gasteiger partial charge in [0.05, 0.1) is 37.7 Å². The van der Waals surface area contributed by atoms with E-state index in [4.69, 9.17) is 15.3 Å². The lowest BCUT2D eigenvalue weighted by Gasteiger charge is -2.15. The summed E-state index contributed by atoms with van der Waals surface area (Å²) in [5.41, 5.74) is 2.04. The van der Waals surface area contributed by atoms with E-state index in [1.807, 2.05) is 52.0 Å². The van der Waals surface area contributed by atoms with Crippen molar-refractivity contribution in [3.63, 3.8) is 0 Å². The molecule has 3 heterocycles. The predicted molar refractivity (Wildman–Crippen MR) is 179 cm³/mol. The van der Waals surface area contributed by atoms with Crippen LogP contribution < -0.4 is 16.0 Å². The molecule has 244 valence electrons. The van der Waals surface area contributed by atoms with Crippen LogP contribution in [0.2, 0.25) is 0 Å². The fraction of sp³-hybridized carbons (Fsp3) is 0.129. The molecule has 0 fully saturated rings. The van der Waals surface area contributed by atoms with Crippen LogP contribution in [0.4, 0.5) is 17.1 Å². The van der Waals surface area contributed by atoms with E-state index in [0.717, 1.165) is 16.8 Å².